The summed E-state index contributed by atoms with van der Waals surface area (Å²) in [6.45, 7) is 13.8. The molecule has 35 heavy (non-hydrogen) atoms. The topological polar surface area (TPSA) is 48.8 Å². The van der Waals surface area contributed by atoms with E-state index in [2.05, 4.69) is 50.5 Å². The molecule has 2 rings (SSSR count). The predicted molar refractivity (Wildman–Crippen MR) is 162 cm³/mol. The van der Waals surface area contributed by atoms with Crippen molar-refractivity contribution in [2.24, 2.45) is 33.7 Å². The largest absolute Gasteiger partial charge is 0.365 e. The number of aliphatic imine (C=N–C) groups is 2. The maximum absolute atomic E-state index is 5.00. The lowest BCUT2D eigenvalue weighted by molar-refractivity contribution is 0.0627. The molecule has 0 radical (unpaired) electrons. The molecule has 4 nitrogen and oxygen atoms in total. The summed E-state index contributed by atoms with van der Waals surface area (Å²) in [5, 5.41) is 9.78. The normalized spacial score (nSPS) is 28.0. The Morgan fingerprint density at radius 3 is 2.49 bits per heavy atom. The van der Waals surface area contributed by atoms with Gasteiger partial charge in [0.05, 0.1) is 0 Å². The fraction of sp³-hybridized carbons (Fsp3) is 0.862. The van der Waals surface area contributed by atoms with Gasteiger partial charge in [-0.3, -0.25) is 9.98 Å². The molecular weight excluding hydrogens is 468 g/mol. The molecular formula is C29H54N4S2. The van der Waals surface area contributed by atoms with Crippen LogP contribution in [0, 0.1) is 23.7 Å². The van der Waals surface area contributed by atoms with Gasteiger partial charge < -0.3 is 10.6 Å². The minimum absolute atomic E-state index is 0.295. The van der Waals surface area contributed by atoms with Crippen LogP contribution in [0.4, 0.5) is 0 Å². The molecule has 5 unspecified atom stereocenters. The van der Waals surface area contributed by atoms with E-state index in [1.165, 1.54) is 63.0 Å². The van der Waals surface area contributed by atoms with Crippen molar-refractivity contribution in [1.29, 1.82) is 0 Å². The predicted octanol–water partition coefficient (Wildman–Crippen LogP) is 7.76. The Morgan fingerprint density at radius 1 is 1.03 bits per heavy atom. The number of thioether (sulfide) groups is 2. The lowest BCUT2D eigenvalue weighted by atomic mass is 9.60. The van der Waals surface area contributed by atoms with Gasteiger partial charge in [0.25, 0.3) is 0 Å². The van der Waals surface area contributed by atoms with Gasteiger partial charge in [-0.15, -0.1) is 6.58 Å². The quantitative estimate of drug-likeness (QED) is 0.106. The lowest BCUT2D eigenvalue weighted by Gasteiger charge is -2.51. The second-order valence-electron chi connectivity index (χ2n) is 11.1. The van der Waals surface area contributed by atoms with Crippen LogP contribution in [-0.2, 0) is 0 Å². The van der Waals surface area contributed by atoms with Crippen molar-refractivity contribution in [2.75, 3.05) is 32.1 Å². The number of hydrogen-bond donors (Lipinski definition) is 2. The highest BCUT2D eigenvalue weighted by atomic mass is 32.2. The third-order valence-electron chi connectivity index (χ3n) is 8.07. The standard InChI is InChI=1S/C29H54N4S2/c1-7-13-24(8-2)14-17-32-27(34-5)30-15-11-10-12-16-31-28(35-6)33-29-20-23(4)18-26(22-29)19-25(9-3)21-29/h7,23-26H,1,8-22H2,2-6H3,(H,30,32)(H,31,33). The van der Waals surface area contributed by atoms with Gasteiger partial charge in [-0.05, 0) is 100 Å². The molecule has 6 heteroatoms. The van der Waals surface area contributed by atoms with Crippen molar-refractivity contribution >= 4 is 33.9 Å². The van der Waals surface area contributed by atoms with E-state index >= 15 is 0 Å². The Labute approximate surface area is 225 Å². The molecule has 0 amide bonds. The Bertz CT molecular complexity index is 661. The van der Waals surface area contributed by atoms with E-state index in [0.717, 1.165) is 61.8 Å². The molecule has 2 N–H and O–H groups in total. The minimum Gasteiger partial charge on any atom is -0.365 e. The average molecular weight is 523 g/mol. The summed E-state index contributed by atoms with van der Waals surface area (Å²) in [6.07, 6.45) is 21.5. The Hall–Kier alpha value is -0.620. The zero-order valence-electron chi connectivity index (χ0n) is 23.4. The van der Waals surface area contributed by atoms with Gasteiger partial charge >= 0.3 is 0 Å². The van der Waals surface area contributed by atoms with Crippen LogP contribution in [0.3, 0.4) is 0 Å². The first-order valence-electron chi connectivity index (χ1n) is 14.3. The Morgan fingerprint density at radius 2 is 1.80 bits per heavy atom. The lowest BCUT2D eigenvalue weighted by Crippen LogP contribution is -2.56. The van der Waals surface area contributed by atoms with Crippen molar-refractivity contribution < 1.29 is 0 Å². The number of nitrogens with one attached hydrogen (secondary N) is 2. The number of amidine groups is 2. The van der Waals surface area contributed by atoms with Crippen LogP contribution in [0.5, 0.6) is 0 Å². The summed E-state index contributed by atoms with van der Waals surface area (Å²) in [6, 6.07) is 0. The van der Waals surface area contributed by atoms with Gasteiger partial charge in [0, 0.05) is 25.2 Å². The molecule has 0 saturated heterocycles. The van der Waals surface area contributed by atoms with Crippen LogP contribution >= 0.6 is 23.5 Å². The molecule has 2 aliphatic carbocycles. The van der Waals surface area contributed by atoms with Crippen LogP contribution in [0.1, 0.15) is 97.8 Å². The van der Waals surface area contributed by atoms with Crippen LogP contribution in [0.25, 0.3) is 0 Å². The zero-order chi connectivity index (χ0) is 25.5. The van der Waals surface area contributed by atoms with Crippen LogP contribution in [0.15, 0.2) is 22.6 Å². The van der Waals surface area contributed by atoms with E-state index in [1.807, 2.05) is 6.08 Å². The van der Waals surface area contributed by atoms with Crippen molar-refractivity contribution in [3.8, 4) is 0 Å². The summed E-state index contributed by atoms with van der Waals surface area (Å²) in [7, 11) is 0. The summed E-state index contributed by atoms with van der Waals surface area (Å²) < 4.78 is 0. The smallest absolute Gasteiger partial charge is 0.156 e. The van der Waals surface area contributed by atoms with E-state index in [0.29, 0.717) is 11.5 Å². The van der Waals surface area contributed by atoms with Gasteiger partial charge in [-0.25, -0.2) is 0 Å². The van der Waals surface area contributed by atoms with E-state index in [4.69, 9.17) is 9.98 Å². The van der Waals surface area contributed by atoms with Crippen LogP contribution in [-0.4, -0.2) is 48.0 Å². The monoisotopic (exact) mass is 522 g/mol. The number of rotatable bonds is 14. The molecule has 0 aromatic carbocycles. The molecule has 5 atom stereocenters. The molecule has 0 aromatic rings. The summed E-state index contributed by atoms with van der Waals surface area (Å²) >= 11 is 3.53. The highest BCUT2D eigenvalue weighted by Gasteiger charge is 2.45. The molecule has 0 spiro atoms. The number of allylic oxidation sites excluding steroid dienone is 1. The average Bonchev–Trinajstić information content (AvgIpc) is 2.84. The van der Waals surface area contributed by atoms with Crippen molar-refractivity contribution in [3.63, 3.8) is 0 Å². The minimum atomic E-state index is 0.295. The Kier molecular flexibility index (Phi) is 14.9. The molecule has 2 fully saturated rings. The number of fused-ring (bicyclic) bond motifs is 2. The van der Waals surface area contributed by atoms with Gasteiger partial charge in [0.15, 0.2) is 10.3 Å². The zero-order valence-corrected chi connectivity index (χ0v) is 25.0. The van der Waals surface area contributed by atoms with E-state index in [-0.39, 0.29) is 0 Å². The third-order valence-corrected chi connectivity index (χ3v) is 9.35. The van der Waals surface area contributed by atoms with Crippen LogP contribution < -0.4 is 10.6 Å². The van der Waals surface area contributed by atoms with Crippen molar-refractivity contribution in [1.82, 2.24) is 10.6 Å². The van der Waals surface area contributed by atoms with Crippen molar-refractivity contribution in [2.45, 2.75) is 103 Å². The van der Waals surface area contributed by atoms with Gasteiger partial charge in [0.2, 0.25) is 0 Å². The first kappa shape index (κ1) is 30.6. The van der Waals surface area contributed by atoms with Gasteiger partial charge in [-0.2, -0.15) is 0 Å². The number of hydrogen-bond acceptors (Lipinski definition) is 4. The molecule has 202 valence electrons. The maximum Gasteiger partial charge on any atom is 0.156 e. The number of nitrogens with zero attached hydrogens (tertiary/aromatic N) is 2. The van der Waals surface area contributed by atoms with Crippen molar-refractivity contribution in [3.05, 3.63) is 12.7 Å². The molecule has 0 heterocycles. The highest BCUT2D eigenvalue weighted by molar-refractivity contribution is 8.13. The second-order valence-corrected chi connectivity index (χ2v) is 12.7. The third kappa shape index (κ3) is 11.1. The Balaban J connectivity index is 1.69. The second kappa shape index (κ2) is 17.0. The summed E-state index contributed by atoms with van der Waals surface area (Å²) in [4.78, 5) is 9.78. The SMILES string of the molecule is C=CCC(CC)CC/N=C(\NCCCCC/N=C(/NC12CC(C)CC(CC(CC)C1)C2)SC)SC. The summed E-state index contributed by atoms with van der Waals surface area (Å²) in [5.41, 5.74) is 0.295. The molecule has 0 aromatic heterocycles. The maximum atomic E-state index is 5.00. The molecule has 2 saturated carbocycles. The fourth-order valence-corrected chi connectivity index (χ4v) is 7.40. The number of unbranched alkanes of at least 4 members (excludes halogenated alkanes) is 2. The van der Waals surface area contributed by atoms with E-state index in [9.17, 15) is 0 Å². The molecule has 2 bridgehead atoms. The van der Waals surface area contributed by atoms with Crippen LogP contribution in [0.2, 0.25) is 0 Å². The first-order chi connectivity index (χ1) is 17.0. The van der Waals surface area contributed by atoms with Gasteiger partial charge in [0.1, 0.15) is 0 Å². The van der Waals surface area contributed by atoms with E-state index < -0.39 is 0 Å². The van der Waals surface area contributed by atoms with Gasteiger partial charge in [-0.1, -0.05) is 63.2 Å². The first-order valence-corrected chi connectivity index (χ1v) is 16.7. The molecule has 2 aliphatic rings. The van der Waals surface area contributed by atoms with E-state index in [1.54, 1.807) is 23.5 Å². The highest BCUT2D eigenvalue weighted by Crippen LogP contribution is 2.48. The summed E-state index contributed by atoms with van der Waals surface area (Å²) in [5.74, 6) is 3.36. The fourth-order valence-electron chi connectivity index (χ4n) is 6.39. The molecule has 0 aliphatic heterocycles.